The molecular formula is C12H18N4O. The van der Waals surface area contributed by atoms with E-state index in [9.17, 15) is 4.79 Å². The van der Waals surface area contributed by atoms with Crippen molar-refractivity contribution < 1.29 is 4.79 Å². The lowest BCUT2D eigenvalue weighted by Gasteiger charge is -2.28. The summed E-state index contributed by atoms with van der Waals surface area (Å²) in [6.45, 7) is 3.43. The van der Waals surface area contributed by atoms with Crippen molar-refractivity contribution in [3.05, 3.63) is 11.9 Å². The number of hydrogen-bond donors (Lipinski definition) is 0. The van der Waals surface area contributed by atoms with Gasteiger partial charge < -0.3 is 9.80 Å². The molecule has 2 heterocycles. The molecular weight excluding hydrogens is 216 g/mol. The van der Waals surface area contributed by atoms with Crippen LogP contribution in [0.3, 0.4) is 0 Å². The molecule has 2 rings (SSSR count). The van der Waals surface area contributed by atoms with Crippen molar-refractivity contribution >= 4 is 17.4 Å². The van der Waals surface area contributed by atoms with E-state index in [-0.39, 0.29) is 0 Å². The number of hydrogen-bond acceptors (Lipinski definition) is 5. The Kier molecular flexibility index (Phi) is 3.26. The summed E-state index contributed by atoms with van der Waals surface area (Å²) in [6, 6.07) is 1.97. The van der Waals surface area contributed by atoms with Crippen LogP contribution in [0.5, 0.6) is 0 Å². The van der Waals surface area contributed by atoms with Crippen molar-refractivity contribution in [2.24, 2.45) is 0 Å². The van der Waals surface area contributed by atoms with Crippen LogP contribution in [0.1, 0.15) is 18.7 Å². The lowest BCUT2D eigenvalue weighted by Crippen LogP contribution is -2.34. The molecule has 0 N–H and O–H groups in total. The van der Waals surface area contributed by atoms with Crippen molar-refractivity contribution in [2.75, 3.05) is 37.0 Å². The second-order valence-corrected chi connectivity index (χ2v) is 4.55. The summed E-state index contributed by atoms with van der Waals surface area (Å²) in [7, 11) is 3.93. The van der Waals surface area contributed by atoms with Gasteiger partial charge in [0.1, 0.15) is 23.2 Å². The van der Waals surface area contributed by atoms with Gasteiger partial charge in [0, 0.05) is 46.1 Å². The first-order valence-corrected chi connectivity index (χ1v) is 5.86. The second-order valence-electron chi connectivity index (χ2n) is 4.55. The van der Waals surface area contributed by atoms with E-state index >= 15 is 0 Å². The molecule has 0 amide bonds. The highest BCUT2D eigenvalue weighted by molar-refractivity contribution is 5.80. The van der Waals surface area contributed by atoms with Crippen molar-refractivity contribution in [3.8, 4) is 0 Å². The van der Waals surface area contributed by atoms with Gasteiger partial charge in [-0.1, -0.05) is 0 Å². The van der Waals surface area contributed by atoms with Crippen LogP contribution in [0, 0.1) is 6.92 Å². The minimum atomic E-state index is 0.347. The van der Waals surface area contributed by atoms with E-state index < -0.39 is 0 Å². The lowest BCUT2D eigenvalue weighted by atomic mass is 10.1. The van der Waals surface area contributed by atoms with Crippen LogP contribution in [0.15, 0.2) is 6.07 Å². The first kappa shape index (κ1) is 11.8. The average molecular weight is 234 g/mol. The van der Waals surface area contributed by atoms with E-state index in [2.05, 4.69) is 14.9 Å². The summed E-state index contributed by atoms with van der Waals surface area (Å²) in [6.07, 6.45) is 1.25. The first-order chi connectivity index (χ1) is 8.06. The summed E-state index contributed by atoms with van der Waals surface area (Å²) in [5.41, 5.74) is 0. The molecule has 5 nitrogen and oxygen atoms in total. The molecule has 1 aromatic heterocycles. The molecule has 1 aliphatic heterocycles. The van der Waals surface area contributed by atoms with E-state index in [1.54, 1.807) is 0 Å². The van der Waals surface area contributed by atoms with Gasteiger partial charge in [-0.05, 0) is 6.92 Å². The molecule has 0 saturated carbocycles. The summed E-state index contributed by atoms with van der Waals surface area (Å²) in [5.74, 6) is 2.95. The molecule has 17 heavy (non-hydrogen) atoms. The Balaban J connectivity index is 2.23. The topological polar surface area (TPSA) is 49.3 Å². The maximum absolute atomic E-state index is 11.2. The summed E-state index contributed by atoms with van der Waals surface area (Å²) in [5, 5.41) is 0. The molecule has 0 atom stereocenters. The van der Waals surface area contributed by atoms with Gasteiger partial charge in [0.15, 0.2) is 0 Å². The van der Waals surface area contributed by atoms with E-state index in [4.69, 9.17) is 0 Å². The molecule has 0 radical (unpaired) electrons. The number of rotatable bonds is 2. The van der Waals surface area contributed by atoms with Crippen LogP contribution < -0.4 is 9.80 Å². The normalized spacial score (nSPS) is 16.2. The summed E-state index contributed by atoms with van der Waals surface area (Å²) < 4.78 is 0. The minimum absolute atomic E-state index is 0.347. The number of piperidine rings is 1. The fraction of sp³-hybridized carbons (Fsp3) is 0.583. The van der Waals surface area contributed by atoms with E-state index in [0.717, 1.165) is 30.5 Å². The van der Waals surface area contributed by atoms with Crippen molar-refractivity contribution in [3.63, 3.8) is 0 Å². The van der Waals surface area contributed by atoms with Crippen LogP contribution in [-0.2, 0) is 4.79 Å². The first-order valence-electron chi connectivity index (χ1n) is 5.86. The number of ketones is 1. The maximum Gasteiger partial charge on any atom is 0.136 e. The molecule has 1 aromatic rings. The van der Waals surface area contributed by atoms with Crippen LogP contribution in [0.2, 0.25) is 0 Å². The van der Waals surface area contributed by atoms with Crippen LogP contribution >= 0.6 is 0 Å². The Morgan fingerprint density at radius 2 is 1.88 bits per heavy atom. The van der Waals surface area contributed by atoms with Crippen molar-refractivity contribution in [2.45, 2.75) is 19.8 Å². The third-order valence-electron chi connectivity index (χ3n) is 2.91. The number of Topliss-reactive ketones (excluding diaryl/α,β-unsaturated/α-hetero) is 1. The second kappa shape index (κ2) is 4.69. The zero-order valence-electron chi connectivity index (χ0n) is 10.6. The van der Waals surface area contributed by atoms with Gasteiger partial charge in [-0.3, -0.25) is 4.79 Å². The summed E-state index contributed by atoms with van der Waals surface area (Å²) >= 11 is 0. The molecule has 0 bridgehead atoms. The van der Waals surface area contributed by atoms with Gasteiger partial charge in [0.25, 0.3) is 0 Å². The maximum atomic E-state index is 11.2. The number of anilines is 2. The highest BCUT2D eigenvalue weighted by Crippen LogP contribution is 2.20. The zero-order valence-corrected chi connectivity index (χ0v) is 10.6. The zero-order chi connectivity index (χ0) is 12.4. The molecule has 0 unspecified atom stereocenters. The van der Waals surface area contributed by atoms with Gasteiger partial charge in [-0.25, -0.2) is 9.97 Å². The number of aryl methyl sites for hydroxylation is 1. The standard InChI is InChI=1S/C12H18N4O/c1-9-13-11(15(2)3)8-12(14-9)16-6-4-10(17)5-7-16/h8H,4-7H2,1-3H3. The Morgan fingerprint density at radius 1 is 1.24 bits per heavy atom. The van der Waals surface area contributed by atoms with E-state index in [1.807, 2.05) is 32.0 Å². The molecule has 92 valence electrons. The van der Waals surface area contributed by atoms with Crippen LogP contribution in [-0.4, -0.2) is 42.9 Å². The Morgan fingerprint density at radius 3 is 2.47 bits per heavy atom. The number of carbonyl (C=O) groups excluding carboxylic acids is 1. The number of carbonyl (C=O) groups is 1. The Bertz CT molecular complexity index is 421. The monoisotopic (exact) mass is 234 g/mol. The molecule has 5 heteroatoms. The van der Waals surface area contributed by atoms with Gasteiger partial charge >= 0.3 is 0 Å². The molecule has 1 aliphatic rings. The molecule has 0 aliphatic carbocycles. The van der Waals surface area contributed by atoms with Gasteiger partial charge in [0.05, 0.1) is 0 Å². The third kappa shape index (κ3) is 2.72. The average Bonchev–Trinajstić information content (AvgIpc) is 2.29. The highest BCUT2D eigenvalue weighted by atomic mass is 16.1. The SMILES string of the molecule is Cc1nc(N(C)C)cc(N2CCC(=O)CC2)n1. The number of aromatic nitrogens is 2. The smallest absolute Gasteiger partial charge is 0.136 e. The molecule has 1 fully saturated rings. The van der Waals surface area contributed by atoms with E-state index in [0.29, 0.717) is 18.6 Å². The molecule has 0 spiro atoms. The van der Waals surface area contributed by atoms with Crippen LogP contribution in [0.25, 0.3) is 0 Å². The largest absolute Gasteiger partial charge is 0.363 e. The van der Waals surface area contributed by atoms with Crippen molar-refractivity contribution in [1.82, 2.24) is 9.97 Å². The van der Waals surface area contributed by atoms with E-state index in [1.165, 1.54) is 0 Å². The van der Waals surface area contributed by atoms with Gasteiger partial charge in [0.2, 0.25) is 0 Å². The fourth-order valence-electron chi connectivity index (χ4n) is 1.91. The Hall–Kier alpha value is -1.65. The fourth-order valence-corrected chi connectivity index (χ4v) is 1.91. The van der Waals surface area contributed by atoms with Gasteiger partial charge in [-0.2, -0.15) is 0 Å². The number of nitrogens with zero attached hydrogens (tertiary/aromatic N) is 4. The predicted molar refractivity (Wildman–Crippen MR) is 67.6 cm³/mol. The molecule has 1 saturated heterocycles. The Labute approximate surface area is 101 Å². The van der Waals surface area contributed by atoms with Crippen LogP contribution in [0.4, 0.5) is 11.6 Å². The van der Waals surface area contributed by atoms with Crippen molar-refractivity contribution in [1.29, 1.82) is 0 Å². The predicted octanol–water partition coefficient (Wildman–Crippen LogP) is 1.02. The lowest BCUT2D eigenvalue weighted by molar-refractivity contribution is -0.119. The third-order valence-corrected chi connectivity index (χ3v) is 2.91. The minimum Gasteiger partial charge on any atom is -0.363 e. The quantitative estimate of drug-likeness (QED) is 0.764. The highest BCUT2D eigenvalue weighted by Gasteiger charge is 2.18. The van der Waals surface area contributed by atoms with Gasteiger partial charge in [-0.15, -0.1) is 0 Å². The summed E-state index contributed by atoms with van der Waals surface area (Å²) in [4.78, 5) is 24.1. The molecule has 0 aromatic carbocycles.